The van der Waals surface area contributed by atoms with E-state index in [4.69, 9.17) is 11.6 Å². The van der Waals surface area contributed by atoms with Gasteiger partial charge in [-0.05, 0) is 63.7 Å². The van der Waals surface area contributed by atoms with Gasteiger partial charge in [0.25, 0.3) is 0 Å². The number of rotatable bonds is 4. The highest BCUT2D eigenvalue weighted by molar-refractivity contribution is 7.16. The van der Waals surface area contributed by atoms with E-state index >= 15 is 0 Å². The van der Waals surface area contributed by atoms with Gasteiger partial charge in [0.2, 0.25) is 0 Å². The predicted octanol–water partition coefficient (Wildman–Crippen LogP) is 3.41. The van der Waals surface area contributed by atoms with Gasteiger partial charge in [-0.15, -0.1) is 11.3 Å². The molecule has 1 aliphatic heterocycles. The Balaban J connectivity index is 1.57. The van der Waals surface area contributed by atoms with Gasteiger partial charge in [-0.2, -0.15) is 0 Å². The van der Waals surface area contributed by atoms with Gasteiger partial charge in [-0.25, -0.2) is 0 Å². The van der Waals surface area contributed by atoms with E-state index in [-0.39, 0.29) is 0 Å². The third-order valence-corrected chi connectivity index (χ3v) is 5.80. The number of halogens is 1. The molecule has 4 heteroatoms. The fraction of sp³-hybridized carbons (Fsp3) is 0.733. The molecule has 1 saturated carbocycles. The monoisotopic (exact) mass is 298 g/mol. The number of nitrogens with zero attached hydrogens (tertiary/aromatic N) is 1. The molecule has 0 spiro atoms. The van der Waals surface area contributed by atoms with E-state index in [0.29, 0.717) is 5.54 Å². The van der Waals surface area contributed by atoms with E-state index in [0.717, 1.165) is 16.7 Å². The zero-order valence-electron chi connectivity index (χ0n) is 11.6. The summed E-state index contributed by atoms with van der Waals surface area (Å²) in [6, 6.07) is 4.18. The van der Waals surface area contributed by atoms with Crippen LogP contribution in [0, 0.1) is 5.92 Å². The van der Waals surface area contributed by atoms with Gasteiger partial charge in [0.1, 0.15) is 0 Å². The number of nitrogens with one attached hydrogen (secondary N) is 1. The van der Waals surface area contributed by atoms with Crippen LogP contribution in [0.1, 0.15) is 31.1 Å². The minimum absolute atomic E-state index is 0.351. The van der Waals surface area contributed by atoms with Gasteiger partial charge in [-0.3, -0.25) is 0 Å². The summed E-state index contributed by atoms with van der Waals surface area (Å²) in [5.41, 5.74) is 0.351. The van der Waals surface area contributed by atoms with Crippen LogP contribution in [0.3, 0.4) is 0 Å². The Morgan fingerprint density at radius 3 is 3.00 bits per heavy atom. The highest BCUT2D eigenvalue weighted by atomic mass is 35.5. The van der Waals surface area contributed by atoms with Gasteiger partial charge in [-0.1, -0.05) is 11.6 Å². The zero-order valence-corrected chi connectivity index (χ0v) is 13.2. The van der Waals surface area contributed by atoms with Crippen LogP contribution in [0.15, 0.2) is 12.1 Å². The fourth-order valence-electron chi connectivity index (χ4n) is 3.22. The molecule has 1 unspecified atom stereocenters. The predicted molar refractivity (Wildman–Crippen MR) is 83.2 cm³/mol. The molecule has 0 aromatic carbocycles. The van der Waals surface area contributed by atoms with Crippen molar-refractivity contribution in [3.05, 3.63) is 21.3 Å². The van der Waals surface area contributed by atoms with Crippen molar-refractivity contribution in [3.8, 4) is 0 Å². The first-order valence-corrected chi connectivity index (χ1v) is 8.57. The van der Waals surface area contributed by atoms with Crippen LogP contribution in [0.2, 0.25) is 4.34 Å². The number of thiophene rings is 1. The van der Waals surface area contributed by atoms with Crippen LogP contribution < -0.4 is 5.32 Å². The first-order valence-electron chi connectivity index (χ1n) is 7.37. The van der Waals surface area contributed by atoms with Crippen molar-refractivity contribution in [1.82, 2.24) is 10.2 Å². The smallest absolute Gasteiger partial charge is 0.0931 e. The van der Waals surface area contributed by atoms with Crippen molar-refractivity contribution in [2.75, 3.05) is 26.2 Å². The van der Waals surface area contributed by atoms with Crippen molar-refractivity contribution < 1.29 is 0 Å². The molecule has 2 heterocycles. The first kappa shape index (κ1) is 13.9. The van der Waals surface area contributed by atoms with Crippen molar-refractivity contribution in [2.45, 2.75) is 38.1 Å². The maximum atomic E-state index is 6.00. The first-order chi connectivity index (χ1) is 9.16. The summed E-state index contributed by atoms with van der Waals surface area (Å²) in [5, 5.41) is 3.79. The average Bonchev–Trinajstić information content (AvgIpc) is 3.17. The molecular formula is C15H23ClN2S. The van der Waals surface area contributed by atoms with Crippen LogP contribution in [-0.4, -0.2) is 36.6 Å². The van der Waals surface area contributed by atoms with E-state index in [1.165, 1.54) is 50.3 Å². The Labute approximate surface area is 125 Å². The molecule has 106 valence electrons. The maximum Gasteiger partial charge on any atom is 0.0931 e. The second-order valence-corrected chi connectivity index (χ2v) is 8.00. The van der Waals surface area contributed by atoms with E-state index in [2.05, 4.69) is 23.2 Å². The quantitative estimate of drug-likeness (QED) is 0.916. The van der Waals surface area contributed by atoms with Crippen LogP contribution >= 0.6 is 22.9 Å². The lowest BCUT2D eigenvalue weighted by Crippen LogP contribution is -2.51. The van der Waals surface area contributed by atoms with Gasteiger partial charge in [0, 0.05) is 23.5 Å². The SMILES string of the molecule is CC1(C2CC2)CN(CCc2ccc(Cl)s2)CCCN1. The van der Waals surface area contributed by atoms with Gasteiger partial charge < -0.3 is 10.2 Å². The topological polar surface area (TPSA) is 15.3 Å². The highest BCUT2D eigenvalue weighted by Gasteiger charge is 2.42. The molecule has 0 amide bonds. The van der Waals surface area contributed by atoms with Crippen LogP contribution in [0.25, 0.3) is 0 Å². The summed E-state index contributed by atoms with van der Waals surface area (Å²) >= 11 is 7.72. The number of hydrogen-bond donors (Lipinski definition) is 1. The second kappa shape index (κ2) is 5.72. The molecule has 1 atom stereocenters. The average molecular weight is 299 g/mol. The zero-order chi connectivity index (χ0) is 13.3. The molecule has 0 bridgehead atoms. The Kier molecular flexibility index (Phi) is 4.18. The Morgan fingerprint density at radius 1 is 1.47 bits per heavy atom. The molecule has 3 rings (SSSR count). The second-order valence-electron chi connectivity index (χ2n) is 6.20. The molecule has 2 aliphatic rings. The molecule has 2 nitrogen and oxygen atoms in total. The Hall–Kier alpha value is -0.0900. The number of hydrogen-bond acceptors (Lipinski definition) is 3. The summed E-state index contributed by atoms with van der Waals surface area (Å²) in [5.74, 6) is 0.907. The van der Waals surface area contributed by atoms with Crippen LogP contribution in [-0.2, 0) is 6.42 Å². The molecule has 1 N–H and O–H groups in total. The van der Waals surface area contributed by atoms with E-state index in [9.17, 15) is 0 Å². The third-order valence-electron chi connectivity index (χ3n) is 4.51. The molecule has 1 aliphatic carbocycles. The summed E-state index contributed by atoms with van der Waals surface area (Å²) in [6.45, 7) is 7.20. The standard InChI is InChI=1S/C15H23ClN2S/c1-15(12-3-4-12)11-18(9-2-8-17-15)10-7-13-5-6-14(16)19-13/h5-6,12,17H,2-4,7-11H2,1H3. The molecule has 1 aromatic rings. The molecule has 1 aromatic heterocycles. The lowest BCUT2D eigenvalue weighted by atomic mass is 9.95. The molecule has 19 heavy (non-hydrogen) atoms. The van der Waals surface area contributed by atoms with E-state index < -0.39 is 0 Å². The van der Waals surface area contributed by atoms with Gasteiger partial charge >= 0.3 is 0 Å². The normalized spacial score (nSPS) is 29.4. The minimum atomic E-state index is 0.351. The highest BCUT2D eigenvalue weighted by Crippen LogP contribution is 2.40. The summed E-state index contributed by atoms with van der Waals surface area (Å²) < 4.78 is 0.912. The summed E-state index contributed by atoms with van der Waals surface area (Å²) in [4.78, 5) is 4.06. The minimum Gasteiger partial charge on any atom is -0.310 e. The van der Waals surface area contributed by atoms with E-state index in [1.54, 1.807) is 11.3 Å². The van der Waals surface area contributed by atoms with Crippen molar-refractivity contribution in [1.29, 1.82) is 0 Å². The van der Waals surface area contributed by atoms with E-state index in [1.807, 2.05) is 6.07 Å². The van der Waals surface area contributed by atoms with Gasteiger partial charge in [0.15, 0.2) is 0 Å². The Morgan fingerprint density at radius 2 is 2.32 bits per heavy atom. The summed E-state index contributed by atoms with van der Waals surface area (Å²) in [7, 11) is 0. The fourth-order valence-corrected chi connectivity index (χ4v) is 4.29. The van der Waals surface area contributed by atoms with Gasteiger partial charge in [0.05, 0.1) is 4.34 Å². The lowest BCUT2D eigenvalue weighted by molar-refractivity contribution is 0.203. The molecule has 0 radical (unpaired) electrons. The molecular weight excluding hydrogens is 276 g/mol. The molecule has 1 saturated heterocycles. The Bertz CT molecular complexity index is 430. The maximum absolute atomic E-state index is 6.00. The van der Waals surface area contributed by atoms with Crippen molar-refractivity contribution in [3.63, 3.8) is 0 Å². The largest absolute Gasteiger partial charge is 0.310 e. The summed E-state index contributed by atoms with van der Waals surface area (Å²) in [6.07, 6.45) is 5.24. The third kappa shape index (κ3) is 3.52. The van der Waals surface area contributed by atoms with Crippen LogP contribution in [0.5, 0.6) is 0 Å². The lowest BCUT2D eigenvalue weighted by Gasteiger charge is -2.34. The van der Waals surface area contributed by atoms with Crippen molar-refractivity contribution >= 4 is 22.9 Å². The molecule has 2 fully saturated rings. The van der Waals surface area contributed by atoms with Crippen LogP contribution in [0.4, 0.5) is 0 Å². The van der Waals surface area contributed by atoms with Crippen molar-refractivity contribution in [2.24, 2.45) is 5.92 Å².